The Labute approximate surface area is 96.6 Å². The van der Waals surface area contributed by atoms with Crippen LogP contribution in [-0.2, 0) is 11.3 Å². The molecular formula is C12H19N3O. The molecule has 88 valence electrons. The van der Waals surface area contributed by atoms with Crippen molar-refractivity contribution in [2.75, 3.05) is 32.6 Å². The fourth-order valence-electron chi connectivity index (χ4n) is 1.95. The van der Waals surface area contributed by atoms with Gasteiger partial charge in [0.05, 0.1) is 6.61 Å². The molecular weight excluding hydrogens is 202 g/mol. The van der Waals surface area contributed by atoms with Crippen molar-refractivity contribution < 1.29 is 4.74 Å². The minimum atomic E-state index is 0.559. The number of hydrogen-bond acceptors (Lipinski definition) is 4. The molecule has 0 amide bonds. The van der Waals surface area contributed by atoms with Crippen LogP contribution < -0.4 is 5.32 Å². The number of likely N-dealkylation sites (N-methyl/N-ethyl adjacent to an activating group) is 1. The van der Waals surface area contributed by atoms with E-state index < -0.39 is 0 Å². The van der Waals surface area contributed by atoms with Crippen LogP contribution in [0.4, 0.5) is 5.82 Å². The highest BCUT2D eigenvalue weighted by Crippen LogP contribution is 2.14. The van der Waals surface area contributed by atoms with Gasteiger partial charge in [-0.1, -0.05) is 6.07 Å². The SMILES string of the molecule is CNc1ccc(CN(C)C2CCOC2)cn1. The third-order valence-corrected chi connectivity index (χ3v) is 3.04. The lowest BCUT2D eigenvalue weighted by Crippen LogP contribution is -2.31. The van der Waals surface area contributed by atoms with Crippen molar-refractivity contribution in [3.8, 4) is 0 Å². The number of ether oxygens (including phenoxy) is 1. The molecule has 0 aromatic carbocycles. The summed E-state index contributed by atoms with van der Waals surface area (Å²) in [5.74, 6) is 0.913. The molecule has 2 heterocycles. The lowest BCUT2D eigenvalue weighted by molar-refractivity contribution is 0.156. The van der Waals surface area contributed by atoms with E-state index in [2.05, 4.69) is 28.3 Å². The molecule has 0 saturated carbocycles. The van der Waals surface area contributed by atoms with Crippen molar-refractivity contribution in [1.82, 2.24) is 9.88 Å². The van der Waals surface area contributed by atoms with Crippen molar-refractivity contribution in [3.63, 3.8) is 0 Å². The molecule has 1 aliphatic heterocycles. The molecule has 0 spiro atoms. The Balaban J connectivity index is 1.92. The van der Waals surface area contributed by atoms with Crippen molar-refractivity contribution in [2.24, 2.45) is 0 Å². The second-order valence-electron chi connectivity index (χ2n) is 4.23. The Hall–Kier alpha value is -1.13. The van der Waals surface area contributed by atoms with Crippen molar-refractivity contribution >= 4 is 5.82 Å². The number of anilines is 1. The predicted molar refractivity (Wildman–Crippen MR) is 64.5 cm³/mol. The second kappa shape index (κ2) is 5.27. The highest BCUT2D eigenvalue weighted by molar-refractivity contribution is 5.34. The molecule has 0 aliphatic carbocycles. The lowest BCUT2D eigenvalue weighted by Gasteiger charge is -2.22. The van der Waals surface area contributed by atoms with Crippen molar-refractivity contribution in [2.45, 2.75) is 19.0 Å². The van der Waals surface area contributed by atoms with Gasteiger partial charge in [0.25, 0.3) is 0 Å². The maximum absolute atomic E-state index is 5.39. The summed E-state index contributed by atoms with van der Waals surface area (Å²) in [6, 6.07) is 4.68. The first-order chi connectivity index (χ1) is 7.79. The summed E-state index contributed by atoms with van der Waals surface area (Å²) in [6.07, 6.45) is 3.07. The fraction of sp³-hybridized carbons (Fsp3) is 0.583. The van der Waals surface area contributed by atoms with Gasteiger partial charge in [-0.2, -0.15) is 0 Å². The summed E-state index contributed by atoms with van der Waals surface area (Å²) in [5, 5.41) is 3.02. The van der Waals surface area contributed by atoms with Gasteiger partial charge in [-0.25, -0.2) is 4.98 Å². The summed E-state index contributed by atoms with van der Waals surface area (Å²) in [5.41, 5.74) is 1.24. The van der Waals surface area contributed by atoms with Gasteiger partial charge >= 0.3 is 0 Å². The molecule has 4 nitrogen and oxygen atoms in total. The van der Waals surface area contributed by atoms with Gasteiger partial charge in [-0.05, 0) is 25.1 Å². The van der Waals surface area contributed by atoms with E-state index in [1.807, 2.05) is 19.3 Å². The molecule has 1 N–H and O–H groups in total. The Morgan fingerprint density at radius 2 is 2.44 bits per heavy atom. The van der Waals surface area contributed by atoms with Crippen LogP contribution >= 0.6 is 0 Å². The van der Waals surface area contributed by atoms with Crippen LogP contribution in [0, 0.1) is 0 Å². The largest absolute Gasteiger partial charge is 0.380 e. The van der Waals surface area contributed by atoms with E-state index in [9.17, 15) is 0 Å². The zero-order valence-corrected chi connectivity index (χ0v) is 9.94. The highest BCUT2D eigenvalue weighted by atomic mass is 16.5. The lowest BCUT2D eigenvalue weighted by atomic mass is 10.2. The maximum Gasteiger partial charge on any atom is 0.125 e. The van der Waals surface area contributed by atoms with Crippen LogP contribution in [-0.4, -0.2) is 43.2 Å². The van der Waals surface area contributed by atoms with Gasteiger partial charge < -0.3 is 10.1 Å². The third-order valence-electron chi connectivity index (χ3n) is 3.04. The zero-order valence-electron chi connectivity index (χ0n) is 9.94. The van der Waals surface area contributed by atoms with E-state index >= 15 is 0 Å². The third kappa shape index (κ3) is 2.71. The summed E-state index contributed by atoms with van der Waals surface area (Å²) in [6.45, 7) is 2.69. The monoisotopic (exact) mass is 221 g/mol. The minimum Gasteiger partial charge on any atom is -0.380 e. The molecule has 1 aromatic rings. The topological polar surface area (TPSA) is 37.4 Å². The summed E-state index contributed by atoms with van der Waals surface area (Å²) in [7, 11) is 4.02. The Morgan fingerprint density at radius 1 is 1.56 bits per heavy atom. The quantitative estimate of drug-likeness (QED) is 0.832. The first-order valence-corrected chi connectivity index (χ1v) is 5.70. The van der Waals surface area contributed by atoms with Gasteiger partial charge in [0.1, 0.15) is 5.82 Å². The summed E-state index contributed by atoms with van der Waals surface area (Å²) >= 11 is 0. The van der Waals surface area contributed by atoms with Gasteiger partial charge in [0.15, 0.2) is 0 Å². The summed E-state index contributed by atoms with van der Waals surface area (Å²) in [4.78, 5) is 6.64. The van der Waals surface area contributed by atoms with Crippen LogP contribution in [0.3, 0.4) is 0 Å². The van der Waals surface area contributed by atoms with Gasteiger partial charge in [0, 0.05) is 32.4 Å². The highest BCUT2D eigenvalue weighted by Gasteiger charge is 2.20. The first kappa shape index (κ1) is 11.4. The maximum atomic E-state index is 5.39. The van der Waals surface area contributed by atoms with Gasteiger partial charge in [-0.3, -0.25) is 4.90 Å². The average molecular weight is 221 g/mol. The fourth-order valence-corrected chi connectivity index (χ4v) is 1.95. The number of hydrogen-bond donors (Lipinski definition) is 1. The molecule has 4 heteroatoms. The first-order valence-electron chi connectivity index (χ1n) is 5.70. The van der Waals surface area contributed by atoms with Crippen LogP contribution in [0.15, 0.2) is 18.3 Å². The number of rotatable bonds is 4. The molecule has 1 atom stereocenters. The molecule has 0 bridgehead atoms. The Bertz CT molecular complexity index is 320. The Kier molecular flexibility index (Phi) is 3.74. The molecule has 0 radical (unpaired) electrons. The standard InChI is InChI=1S/C12H19N3O/c1-13-12-4-3-10(7-14-12)8-15(2)11-5-6-16-9-11/h3-4,7,11H,5-6,8-9H2,1-2H3,(H,13,14). The van der Waals surface area contributed by atoms with E-state index in [4.69, 9.17) is 4.74 Å². The van der Waals surface area contributed by atoms with Crippen LogP contribution in [0.25, 0.3) is 0 Å². The van der Waals surface area contributed by atoms with E-state index in [0.717, 1.165) is 32.0 Å². The average Bonchev–Trinajstić information content (AvgIpc) is 2.83. The molecule has 16 heavy (non-hydrogen) atoms. The van der Waals surface area contributed by atoms with E-state index in [0.29, 0.717) is 6.04 Å². The molecule has 1 saturated heterocycles. The van der Waals surface area contributed by atoms with Crippen molar-refractivity contribution in [3.05, 3.63) is 23.9 Å². The van der Waals surface area contributed by atoms with Gasteiger partial charge in [-0.15, -0.1) is 0 Å². The van der Waals surface area contributed by atoms with Crippen LogP contribution in [0.2, 0.25) is 0 Å². The molecule has 1 aliphatic rings. The molecule has 1 aromatic heterocycles. The van der Waals surface area contributed by atoms with E-state index in [1.54, 1.807) is 0 Å². The number of pyridine rings is 1. The predicted octanol–water partition coefficient (Wildman–Crippen LogP) is 1.34. The smallest absolute Gasteiger partial charge is 0.125 e. The Morgan fingerprint density at radius 3 is 3.00 bits per heavy atom. The molecule has 1 fully saturated rings. The minimum absolute atomic E-state index is 0.559. The van der Waals surface area contributed by atoms with E-state index in [-0.39, 0.29) is 0 Å². The van der Waals surface area contributed by atoms with Crippen LogP contribution in [0.1, 0.15) is 12.0 Å². The molecule has 2 rings (SSSR count). The van der Waals surface area contributed by atoms with Crippen molar-refractivity contribution in [1.29, 1.82) is 0 Å². The zero-order chi connectivity index (χ0) is 11.4. The van der Waals surface area contributed by atoms with E-state index in [1.165, 1.54) is 5.56 Å². The number of aromatic nitrogens is 1. The number of nitrogens with one attached hydrogen (secondary N) is 1. The summed E-state index contributed by atoms with van der Waals surface area (Å²) < 4.78 is 5.39. The van der Waals surface area contributed by atoms with Crippen LogP contribution in [0.5, 0.6) is 0 Å². The normalized spacial score (nSPS) is 20.3. The molecule has 1 unspecified atom stereocenters. The second-order valence-corrected chi connectivity index (χ2v) is 4.23. The number of nitrogens with zero attached hydrogens (tertiary/aromatic N) is 2. The van der Waals surface area contributed by atoms with Gasteiger partial charge in [0.2, 0.25) is 0 Å².